The van der Waals surface area contributed by atoms with Gasteiger partial charge in [-0.3, -0.25) is 9.00 Å². The standard InChI is InChI=1S/C14H20O5S2/c1-14(2,3)21(18,19)9-8-20(17)12-6-4-11(5-7-12)10-13(15)16/h4-7H,8-10H2,1-3H3,(H,15,16). The van der Waals surface area contributed by atoms with Gasteiger partial charge in [-0.25, -0.2) is 8.42 Å². The van der Waals surface area contributed by atoms with Gasteiger partial charge in [-0.05, 0) is 38.5 Å². The second-order valence-electron chi connectivity index (χ2n) is 5.70. The first-order chi connectivity index (χ1) is 9.53. The molecule has 0 spiro atoms. The highest BCUT2D eigenvalue weighted by Crippen LogP contribution is 2.17. The van der Waals surface area contributed by atoms with Crippen LogP contribution < -0.4 is 0 Å². The van der Waals surface area contributed by atoms with E-state index in [-0.39, 0.29) is 17.9 Å². The molecule has 0 aliphatic heterocycles. The molecule has 7 heteroatoms. The van der Waals surface area contributed by atoms with E-state index in [4.69, 9.17) is 5.11 Å². The van der Waals surface area contributed by atoms with Gasteiger partial charge in [0.15, 0.2) is 9.84 Å². The molecule has 0 heterocycles. The maximum atomic E-state index is 12.1. The van der Waals surface area contributed by atoms with Crippen molar-refractivity contribution in [3.63, 3.8) is 0 Å². The van der Waals surface area contributed by atoms with Crippen LogP contribution in [-0.4, -0.2) is 40.0 Å². The van der Waals surface area contributed by atoms with E-state index in [0.717, 1.165) is 0 Å². The lowest BCUT2D eigenvalue weighted by atomic mass is 10.2. The van der Waals surface area contributed by atoms with Gasteiger partial charge in [0.05, 0.1) is 27.7 Å². The predicted molar refractivity (Wildman–Crippen MR) is 82.6 cm³/mol. The molecule has 118 valence electrons. The second-order valence-corrected chi connectivity index (χ2v) is 10.1. The summed E-state index contributed by atoms with van der Waals surface area (Å²) in [4.78, 5) is 11.1. The topological polar surface area (TPSA) is 88.5 Å². The Balaban J connectivity index is 2.71. The van der Waals surface area contributed by atoms with Crippen LogP contribution in [0.15, 0.2) is 29.2 Å². The summed E-state index contributed by atoms with van der Waals surface area (Å²) >= 11 is 0. The van der Waals surface area contributed by atoms with Crippen LogP contribution in [0.2, 0.25) is 0 Å². The van der Waals surface area contributed by atoms with Crippen molar-refractivity contribution in [3.8, 4) is 0 Å². The fourth-order valence-electron chi connectivity index (χ4n) is 1.54. The summed E-state index contributed by atoms with van der Waals surface area (Å²) in [6.07, 6.45) is -0.0919. The summed E-state index contributed by atoms with van der Waals surface area (Å²) in [5.41, 5.74) is 0.616. The van der Waals surface area contributed by atoms with Crippen molar-refractivity contribution in [3.05, 3.63) is 29.8 Å². The Morgan fingerprint density at radius 1 is 1.19 bits per heavy atom. The first kappa shape index (κ1) is 17.8. The number of sulfone groups is 1. The van der Waals surface area contributed by atoms with Gasteiger partial charge in [-0.1, -0.05) is 12.1 Å². The van der Waals surface area contributed by atoms with Crippen LogP contribution in [0.5, 0.6) is 0 Å². The normalized spacial score (nSPS) is 13.9. The van der Waals surface area contributed by atoms with Crippen molar-refractivity contribution in [2.45, 2.75) is 36.8 Å². The van der Waals surface area contributed by atoms with Crippen molar-refractivity contribution in [1.29, 1.82) is 0 Å². The van der Waals surface area contributed by atoms with E-state index >= 15 is 0 Å². The number of carbonyl (C=O) groups is 1. The third kappa shape index (κ3) is 5.24. The number of aliphatic carboxylic acids is 1. The first-order valence-corrected chi connectivity index (χ1v) is 9.41. The van der Waals surface area contributed by atoms with Crippen LogP contribution in [-0.2, 0) is 31.9 Å². The zero-order valence-electron chi connectivity index (χ0n) is 12.3. The third-order valence-corrected chi connectivity index (χ3v) is 7.25. The zero-order valence-corrected chi connectivity index (χ0v) is 14.0. The summed E-state index contributed by atoms with van der Waals surface area (Å²) < 4.78 is 35.2. The van der Waals surface area contributed by atoms with Crippen molar-refractivity contribution in [2.24, 2.45) is 0 Å². The lowest BCUT2D eigenvalue weighted by Gasteiger charge is -2.18. The van der Waals surface area contributed by atoms with Crippen LogP contribution >= 0.6 is 0 Å². The Bertz CT molecular complexity index is 624. The molecular formula is C14H20O5S2. The summed E-state index contributed by atoms with van der Waals surface area (Å²) in [7, 11) is -4.71. The Labute approximate surface area is 127 Å². The molecule has 21 heavy (non-hydrogen) atoms. The van der Waals surface area contributed by atoms with E-state index < -0.39 is 31.4 Å². The fraction of sp³-hybridized carbons (Fsp3) is 0.500. The molecule has 0 aliphatic rings. The van der Waals surface area contributed by atoms with Crippen LogP contribution in [0, 0.1) is 0 Å². The van der Waals surface area contributed by atoms with Crippen molar-refractivity contribution in [1.82, 2.24) is 0 Å². The van der Waals surface area contributed by atoms with E-state index in [0.29, 0.717) is 10.5 Å². The van der Waals surface area contributed by atoms with Crippen molar-refractivity contribution >= 4 is 26.6 Å². The second kappa shape index (κ2) is 6.70. The molecule has 0 saturated carbocycles. The monoisotopic (exact) mass is 332 g/mol. The molecule has 0 radical (unpaired) electrons. The minimum Gasteiger partial charge on any atom is -0.481 e. The summed E-state index contributed by atoms with van der Waals surface area (Å²) in [6, 6.07) is 6.36. The number of rotatable bonds is 6. The molecule has 0 saturated heterocycles. The van der Waals surface area contributed by atoms with Crippen molar-refractivity contribution < 1.29 is 22.5 Å². The largest absolute Gasteiger partial charge is 0.481 e. The van der Waals surface area contributed by atoms with E-state index in [1.165, 1.54) is 0 Å². The number of carboxylic acids is 1. The van der Waals surface area contributed by atoms with Crippen molar-refractivity contribution in [2.75, 3.05) is 11.5 Å². The van der Waals surface area contributed by atoms with E-state index in [9.17, 15) is 17.4 Å². The third-order valence-electron chi connectivity index (χ3n) is 3.01. The van der Waals surface area contributed by atoms with Gasteiger partial charge >= 0.3 is 5.97 Å². The number of carboxylic acid groups (broad SMARTS) is 1. The lowest BCUT2D eigenvalue weighted by molar-refractivity contribution is -0.136. The minimum atomic E-state index is -3.30. The highest BCUT2D eigenvalue weighted by atomic mass is 32.2. The molecule has 0 aromatic heterocycles. The zero-order chi connectivity index (χ0) is 16.3. The molecule has 0 fully saturated rings. The molecule has 0 aliphatic carbocycles. The molecular weight excluding hydrogens is 312 g/mol. The van der Waals surface area contributed by atoms with Crippen LogP contribution in [0.1, 0.15) is 26.3 Å². The first-order valence-electron chi connectivity index (χ1n) is 6.44. The average Bonchev–Trinajstić information content (AvgIpc) is 2.35. The molecule has 1 aromatic carbocycles. The predicted octanol–water partition coefficient (Wildman–Crippen LogP) is 1.63. The highest BCUT2D eigenvalue weighted by Gasteiger charge is 2.29. The minimum absolute atomic E-state index is 0.0396. The van der Waals surface area contributed by atoms with Gasteiger partial charge in [-0.2, -0.15) is 0 Å². The molecule has 1 aromatic rings. The summed E-state index contributed by atoms with van der Waals surface area (Å²) in [5.74, 6) is -1.03. The molecule has 1 atom stereocenters. The smallest absolute Gasteiger partial charge is 0.307 e. The van der Waals surface area contributed by atoms with Crippen LogP contribution in [0.3, 0.4) is 0 Å². The number of hydrogen-bond acceptors (Lipinski definition) is 4. The maximum absolute atomic E-state index is 12.1. The SMILES string of the molecule is CC(C)(C)S(=O)(=O)CCS(=O)c1ccc(CC(=O)O)cc1. The number of benzene rings is 1. The van der Waals surface area contributed by atoms with E-state index in [1.54, 1.807) is 45.0 Å². The quantitative estimate of drug-likeness (QED) is 0.855. The lowest BCUT2D eigenvalue weighted by Crippen LogP contribution is -2.32. The Hall–Kier alpha value is -1.21. The Kier molecular flexibility index (Phi) is 5.69. The Morgan fingerprint density at radius 2 is 1.71 bits per heavy atom. The van der Waals surface area contributed by atoms with Gasteiger partial charge in [0.1, 0.15) is 0 Å². The van der Waals surface area contributed by atoms with Gasteiger partial charge in [0.2, 0.25) is 0 Å². The molecule has 1 unspecified atom stereocenters. The fourth-order valence-corrected chi connectivity index (χ4v) is 4.31. The van der Waals surface area contributed by atoms with Crippen LogP contribution in [0.25, 0.3) is 0 Å². The maximum Gasteiger partial charge on any atom is 0.307 e. The summed E-state index contributed by atoms with van der Waals surface area (Å²) in [5, 5.41) is 8.67. The Morgan fingerprint density at radius 3 is 2.14 bits per heavy atom. The average molecular weight is 332 g/mol. The number of hydrogen-bond donors (Lipinski definition) is 1. The molecule has 1 N–H and O–H groups in total. The molecule has 1 rings (SSSR count). The van der Waals surface area contributed by atoms with Gasteiger partial charge < -0.3 is 5.11 Å². The van der Waals surface area contributed by atoms with Gasteiger partial charge in [0, 0.05) is 10.6 Å². The van der Waals surface area contributed by atoms with E-state index in [1.807, 2.05) is 0 Å². The molecule has 5 nitrogen and oxygen atoms in total. The van der Waals surface area contributed by atoms with Crippen LogP contribution in [0.4, 0.5) is 0 Å². The van der Waals surface area contributed by atoms with Gasteiger partial charge in [0.25, 0.3) is 0 Å². The highest BCUT2D eigenvalue weighted by molar-refractivity contribution is 7.94. The van der Waals surface area contributed by atoms with E-state index in [2.05, 4.69) is 0 Å². The summed E-state index contributed by atoms with van der Waals surface area (Å²) in [6.45, 7) is 4.85. The molecule has 0 bridgehead atoms. The molecule has 0 amide bonds. The van der Waals surface area contributed by atoms with Gasteiger partial charge in [-0.15, -0.1) is 0 Å².